The van der Waals surface area contributed by atoms with Crippen LogP contribution in [0.1, 0.15) is 50.3 Å². The van der Waals surface area contributed by atoms with E-state index < -0.39 is 6.04 Å². The number of hydrogen-bond acceptors (Lipinski definition) is 5. The highest BCUT2D eigenvalue weighted by Gasteiger charge is 2.22. The van der Waals surface area contributed by atoms with E-state index in [2.05, 4.69) is 34.8 Å². The van der Waals surface area contributed by atoms with Crippen molar-refractivity contribution in [3.8, 4) is 0 Å². The Kier molecular flexibility index (Phi) is 9.42. The molecule has 0 aliphatic carbocycles. The Morgan fingerprint density at radius 3 is 2.46 bits per heavy atom. The molecule has 3 aromatic rings. The monoisotopic (exact) mass is 471 g/mol. The Balaban J connectivity index is 1.73. The van der Waals surface area contributed by atoms with Crippen LogP contribution in [0.25, 0.3) is 6.08 Å². The molecule has 0 fully saturated rings. The van der Waals surface area contributed by atoms with E-state index in [0.717, 1.165) is 36.1 Å². The number of anilines is 3. The highest BCUT2D eigenvalue weighted by molar-refractivity contribution is 6.03. The third-order valence-electron chi connectivity index (χ3n) is 5.63. The standard InChI is InChI=1S/C28H33N5O2/c1-3-8-22(4-2)32-28(35)27(31-23-9-7-18-30-19-23)21-15-12-20(13-16-21)14-17-26(34)33-25-11-6-5-10-24(25)29/h5-7,9-19,22,27,31H,3-4,8,29H2,1-2H3,(H,32,35)(H,33,34)/b17-14+. The molecule has 7 heteroatoms. The van der Waals surface area contributed by atoms with Crippen molar-refractivity contribution in [2.24, 2.45) is 0 Å². The van der Waals surface area contributed by atoms with Gasteiger partial charge < -0.3 is 21.7 Å². The Morgan fingerprint density at radius 2 is 1.80 bits per heavy atom. The molecule has 2 atom stereocenters. The van der Waals surface area contributed by atoms with Crippen LogP contribution in [0.15, 0.2) is 79.1 Å². The van der Waals surface area contributed by atoms with Gasteiger partial charge in [0.1, 0.15) is 6.04 Å². The number of benzene rings is 2. The van der Waals surface area contributed by atoms with Gasteiger partial charge in [-0.05, 0) is 54.3 Å². The fourth-order valence-corrected chi connectivity index (χ4v) is 3.68. The molecular weight excluding hydrogens is 438 g/mol. The number of hydrogen-bond donors (Lipinski definition) is 4. The fourth-order valence-electron chi connectivity index (χ4n) is 3.68. The van der Waals surface area contributed by atoms with Crippen molar-refractivity contribution >= 4 is 35.0 Å². The van der Waals surface area contributed by atoms with E-state index in [1.54, 1.807) is 30.6 Å². The number of amides is 2. The second kappa shape index (κ2) is 12.9. The van der Waals surface area contributed by atoms with Crippen LogP contribution in [0.3, 0.4) is 0 Å². The summed E-state index contributed by atoms with van der Waals surface area (Å²) in [6, 6.07) is 17.9. The van der Waals surface area contributed by atoms with Crippen molar-refractivity contribution in [1.29, 1.82) is 0 Å². The molecule has 35 heavy (non-hydrogen) atoms. The summed E-state index contributed by atoms with van der Waals surface area (Å²) < 4.78 is 0. The average molecular weight is 472 g/mol. The van der Waals surface area contributed by atoms with Crippen LogP contribution in [0.4, 0.5) is 17.1 Å². The summed E-state index contributed by atoms with van der Waals surface area (Å²) in [5, 5.41) is 9.24. The third kappa shape index (κ3) is 7.71. The van der Waals surface area contributed by atoms with Gasteiger partial charge in [-0.1, -0.05) is 56.7 Å². The van der Waals surface area contributed by atoms with Gasteiger partial charge in [0.15, 0.2) is 0 Å². The minimum absolute atomic E-state index is 0.0859. The zero-order valence-corrected chi connectivity index (χ0v) is 20.2. The van der Waals surface area contributed by atoms with Crippen LogP contribution in [0.2, 0.25) is 0 Å². The van der Waals surface area contributed by atoms with Gasteiger partial charge in [-0.15, -0.1) is 0 Å². The highest BCUT2D eigenvalue weighted by Crippen LogP contribution is 2.22. The molecule has 5 N–H and O–H groups in total. The SMILES string of the molecule is CCCC(CC)NC(=O)C(Nc1cccnc1)c1ccc(/C=C/C(=O)Nc2ccccc2N)cc1. The van der Waals surface area contributed by atoms with E-state index in [0.29, 0.717) is 11.4 Å². The van der Waals surface area contributed by atoms with Gasteiger partial charge in [-0.3, -0.25) is 14.6 Å². The van der Waals surface area contributed by atoms with E-state index in [1.807, 2.05) is 48.5 Å². The van der Waals surface area contributed by atoms with E-state index in [9.17, 15) is 9.59 Å². The minimum atomic E-state index is -0.576. The molecule has 0 radical (unpaired) electrons. The Bertz CT molecular complexity index is 1130. The van der Waals surface area contributed by atoms with Crippen LogP contribution < -0.4 is 21.7 Å². The summed E-state index contributed by atoms with van der Waals surface area (Å²) in [4.78, 5) is 29.6. The zero-order valence-electron chi connectivity index (χ0n) is 20.2. The van der Waals surface area contributed by atoms with Gasteiger partial charge in [-0.2, -0.15) is 0 Å². The molecule has 0 aliphatic rings. The lowest BCUT2D eigenvalue weighted by Gasteiger charge is -2.23. The quantitative estimate of drug-likeness (QED) is 0.228. The molecule has 3 rings (SSSR count). The molecule has 7 nitrogen and oxygen atoms in total. The van der Waals surface area contributed by atoms with E-state index in [4.69, 9.17) is 5.73 Å². The van der Waals surface area contributed by atoms with Gasteiger partial charge >= 0.3 is 0 Å². The molecule has 1 aromatic heterocycles. The Hall–Kier alpha value is -4.13. The number of nitrogens with zero attached hydrogens (tertiary/aromatic N) is 1. The number of nitrogens with two attached hydrogens (primary N) is 1. The van der Waals surface area contributed by atoms with Crippen LogP contribution >= 0.6 is 0 Å². The average Bonchev–Trinajstić information content (AvgIpc) is 2.88. The predicted molar refractivity (Wildman–Crippen MR) is 143 cm³/mol. The first kappa shape index (κ1) is 25.5. The molecule has 2 amide bonds. The fraction of sp³-hybridized carbons (Fsp3) is 0.250. The Labute approximate surface area is 206 Å². The van der Waals surface area contributed by atoms with Crippen molar-refractivity contribution in [1.82, 2.24) is 10.3 Å². The van der Waals surface area contributed by atoms with Crippen LogP contribution in [-0.4, -0.2) is 22.8 Å². The number of carbonyl (C=O) groups excluding carboxylic acids is 2. The zero-order chi connectivity index (χ0) is 25.0. The molecule has 2 unspecified atom stereocenters. The van der Waals surface area contributed by atoms with Crippen molar-refractivity contribution in [3.05, 3.63) is 90.3 Å². The molecule has 0 saturated heterocycles. The molecule has 0 saturated carbocycles. The number of carbonyl (C=O) groups is 2. The predicted octanol–water partition coefficient (Wildman–Crippen LogP) is 5.16. The first-order valence-electron chi connectivity index (χ1n) is 11.9. The van der Waals surface area contributed by atoms with Crippen LogP contribution in [0, 0.1) is 0 Å². The van der Waals surface area contributed by atoms with E-state index in [-0.39, 0.29) is 17.9 Å². The first-order chi connectivity index (χ1) is 17.0. The second-order valence-electron chi connectivity index (χ2n) is 8.30. The maximum Gasteiger partial charge on any atom is 0.248 e. The topological polar surface area (TPSA) is 109 Å². The van der Waals surface area contributed by atoms with Gasteiger partial charge in [0, 0.05) is 24.5 Å². The number of para-hydroxylation sites is 2. The van der Waals surface area contributed by atoms with Crippen molar-refractivity contribution < 1.29 is 9.59 Å². The lowest BCUT2D eigenvalue weighted by Crippen LogP contribution is -2.40. The number of pyridine rings is 1. The molecule has 0 bridgehead atoms. The summed E-state index contributed by atoms with van der Waals surface area (Å²) >= 11 is 0. The summed E-state index contributed by atoms with van der Waals surface area (Å²) in [5.41, 5.74) is 9.37. The highest BCUT2D eigenvalue weighted by atomic mass is 16.2. The Morgan fingerprint density at radius 1 is 1.03 bits per heavy atom. The number of rotatable bonds is 11. The van der Waals surface area contributed by atoms with Crippen LogP contribution in [0.5, 0.6) is 0 Å². The smallest absolute Gasteiger partial charge is 0.248 e. The van der Waals surface area contributed by atoms with E-state index >= 15 is 0 Å². The first-order valence-corrected chi connectivity index (χ1v) is 11.9. The van der Waals surface area contributed by atoms with Gasteiger partial charge in [0.25, 0.3) is 0 Å². The van der Waals surface area contributed by atoms with Crippen molar-refractivity contribution in [3.63, 3.8) is 0 Å². The summed E-state index contributed by atoms with van der Waals surface area (Å²) in [5.74, 6) is -0.360. The summed E-state index contributed by atoms with van der Waals surface area (Å²) in [6.45, 7) is 4.19. The molecule has 1 heterocycles. The number of aromatic nitrogens is 1. The van der Waals surface area contributed by atoms with Crippen LogP contribution in [-0.2, 0) is 9.59 Å². The number of nitrogens with one attached hydrogen (secondary N) is 3. The van der Waals surface area contributed by atoms with Crippen molar-refractivity contribution in [2.45, 2.75) is 45.2 Å². The largest absolute Gasteiger partial charge is 0.397 e. The van der Waals surface area contributed by atoms with Gasteiger partial charge in [0.2, 0.25) is 11.8 Å². The maximum atomic E-state index is 13.2. The summed E-state index contributed by atoms with van der Waals surface area (Å²) in [6.07, 6.45) is 9.37. The molecule has 2 aromatic carbocycles. The normalized spacial score (nSPS) is 12.6. The van der Waals surface area contributed by atoms with E-state index in [1.165, 1.54) is 6.08 Å². The van der Waals surface area contributed by atoms with Crippen molar-refractivity contribution in [2.75, 3.05) is 16.4 Å². The van der Waals surface area contributed by atoms with Gasteiger partial charge in [0.05, 0.1) is 17.1 Å². The van der Waals surface area contributed by atoms with Gasteiger partial charge in [-0.25, -0.2) is 0 Å². The molecule has 0 aliphatic heterocycles. The second-order valence-corrected chi connectivity index (χ2v) is 8.30. The third-order valence-corrected chi connectivity index (χ3v) is 5.63. The minimum Gasteiger partial charge on any atom is -0.397 e. The summed E-state index contributed by atoms with van der Waals surface area (Å²) in [7, 11) is 0. The molecule has 0 spiro atoms. The lowest BCUT2D eigenvalue weighted by atomic mass is 10.0. The molecular formula is C28H33N5O2. The lowest BCUT2D eigenvalue weighted by molar-refractivity contribution is -0.122. The molecule has 182 valence electrons. The maximum absolute atomic E-state index is 13.2. The number of nitrogen functional groups attached to an aromatic ring is 1.